The summed E-state index contributed by atoms with van der Waals surface area (Å²) in [5.41, 5.74) is 8.07. The molecule has 0 atom stereocenters. The number of halogens is 2. The number of thiocarbonyl (C=S) groups is 1. The van der Waals surface area contributed by atoms with Crippen molar-refractivity contribution in [3.05, 3.63) is 95.8 Å². The molecule has 2 aromatic carbocycles. The second-order valence-electron chi connectivity index (χ2n) is 7.21. The van der Waals surface area contributed by atoms with Gasteiger partial charge in [-0.15, -0.1) is 0 Å². The number of nitrogens with one attached hydrogen (secondary N) is 5. The van der Waals surface area contributed by atoms with E-state index in [2.05, 4.69) is 46.7 Å². The molecular weight excluding hydrogens is 472 g/mol. The molecule has 0 saturated carbocycles. The fraction of sp³-hybridized carbons (Fsp3) is 0.0870. The maximum Gasteiger partial charge on any atom is 0.248 e. The fourth-order valence-electron chi connectivity index (χ4n) is 2.87. The molecule has 0 amide bonds. The second-order valence-corrected chi connectivity index (χ2v) is 7.62. The van der Waals surface area contributed by atoms with Crippen molar-refractivity contribution in [2.45, 2.75) is 13.1 Å². The molecule has 0 bridgehead atoms. The standard InChI is InChI=1S/C23H21F2N9S/c24-17-7-3-15(4-8-17)12-27-20-30-21(28-13-16-5-9-18(25)10-6-16)32-22(31-20)33-34-23(35)29-19-2-1-11-26-14-19/h1-11,14H,12-13H2,(H2,29,34,35)(H3,27,28,30,31,32,33). The highest BCUT2D eigenvalue weighted by atomic mass is 32.1. The largest absolute Gasteiger partial charge is 0.350 e. The Morgan fingerprint density at radius 3 is 1.80 bits per heavy atom. The molecule has 12 heteroatoms. The van der Waals surface area contributed by atoms with Gasteiger partial charge in [0.05, 0.1) is 11.9 Å². The molecule has 2 heterocycles. The lowest BCUT2D eigenvalue weighted by Gasteiger charge is -2.14. The Kier molecular flexibility index (Phi) is 7.86. The summed E-state index contributed by atoms with van der Waals surface area (Å²) in [6, 6.07) is 15.8. The van der Waals surface area contributed by atoms with Crippen LogP contribution >= 0.6 is 12.2 Å². The number of hydrogen-bond acceptors (Lipinski definition) is 8. The van der Waals surface area contributed by atoms with Crippen molar-refractivity contribution in [2.24, 2.45) is 0 Å². The summed E-state index contributed by atoms with van der Waals surface area (Å²) in [4.78, 5) is 17.1. The van der Waals surface area contributed by atoms with E-state index in [1.54, 1.807) is 42.7 Å². The van der Waals surface area contributed by atoms with Gasteiger partial charge in [-0.3, -0.25) is 15.8 Å². The Morgan fingerprint density at radius 2 is 1.29 bits per heavy atom. The van der Waals surface area contributed by atoms with Gasteiger partial charge in [-0.1, -0.05) is 24.3 Å². The Labute approximate surface area is 205 Å². The summed E-state index contributed by atoms with van der Waals surface area (Å²) < 4.78 is 26.3. The third-order valence-corrected chi connectivity index (χ3v) is 4.77. The van der Waals surface area contributed by atoms with Crippen LogP contribution in [0.15, 0.2) is 73.1 Å². The first-order valence-corrected chi connectivity index (χ1v) is 10.9. The Bertz CT molecular complexity index is 1190. The molecule has 0 radical (unpaired) electrons. The molecule has 178 valence electrons. The molecule has 35 heavy (non-hydrogen) atoms. The lowest BCUT2D eigenvalue weighted by molar-refractivity contribution is 0.626. The normalized spacial score (nSPS) is 10.3. The van der Waals surface area contributed by atoms with E-state index in [4.69, 9.17) is 12.2 Å². The zero-order valence-electron chi connectivity index (χ0n) is 18.3. The minimum atomic E-state index is -0.311. The molecule has 0 aliphatic rings. The highest BCUT2D eigenvalue weighted by Crippen LogP contribution is 2.13. The number of rotatable bonds is 9. The van der Waals surface area contributed by atoms with E-state index in [0.29, 0.717) is 18.8 Å². The molecule has 0 aliphatic carbocycles. The summed E-state index contributed by atoms with van der Waals surface area (Å²) in [5.74, 6) is 0.130. The van der Waals surface area contributed by atoms with Crippen LogP contribution in [0.2, 0.25) is 0 Å². The molecule has 0 spiro atoms. The second kappa shape index (κ2) is 11.6. The highest BCUT2D eigenvalue weighted by Gasteiger charge is 2.08. The summed E-state index contributed by atoms with van der Waals surface area (Å²) in [6.07, 6.45) is 3.29. The Balaban J connectivity index is 1.44. The van der Waals surface area contributed by atoms with Crippen molar-refractivity contribution in [1.82, 2.24) is 25.4 Å². The summed E-state index contributed by atoms with van der Waals surface area (Å²) >= 11 is 5.28. The average Bonchev–Trinajstić information content (AvgIpc) is 2.87. The lowest BCUT2D eigenvalue weighted by atomic mass is 10.2. The molecule has 0 unspecified atom stereocenters. The van der Waals surface area contributed by atoms with Gasteiger partial charge in [0.25, 0.3) is 0 Å². The SMILES string of the molecule is Fc1ccc(CNc2nc(NCc3ccc(F)cc3)nc(NNC(=S)Nc3cccnc3)n2)cc1. The molecule has 4 rings (SSSR count). The van der Waals surface area contributed by atoms with Crippen molar-refractivity contribution < 1.29 is 8.78 Å². The van der Waals surface area contributed by atoms with Gasteiger partial charge in [-0.2, -0.15) is 15.0 Å². The maximum atomic E-state index is 13.2. The number of pyridine rings is 1. The first-order valence-electron chi connectivity index (χ1n) is 10.5. The number of anilines is 4. The predicted octanol–water partition coefficient (Wildman–Crippen LogP) is 4.08. The molecule has 0 saturated heterocycles. The Hall–Kier alpha value is -4.45. The molecule has 5 N–H and O–H groups in total. The van der Waals surface area contributed by atoms with E-state index in [1.807, 2.05) is 6.07 Å². The van der Waals surface area contributed by atoms with E-state index in [-0.39, 0.29) is 34.6 Å². The minimum absolute atomic E-state index is 0.193. The van der Waals surface area contributed by atoms with Gasteiger partial charge in [0, 0.05) is 19.3 Å². The predicted molar refractivity (Wildman–Crippen MR) is 134 cm³/mol. The zero-order valence-corrected chi connectivity index (χ0v) is 19.1. The van der Waals surface area contributed by atoms with Crippen molar-refractivity contribution in [2.75, 3.05) is 21.4 Å². The zero-order chi connectivity index (χ0) is 24.5. The number of nitrogens with zero attached hydrogens (tertiary/aromatic N) is 4. The van der Waals surface area contributed by atoms with Crippen LogP contribution in [-0.2, 0) is 13.1 Å². The number of hydrogen-bond donors (Lipinski definition) is 5. The molecule has 0 aliphatic heterocycles. The first kappa shape index (κ1) is 23.7. The number of benzene rings is 2. The minimum Gasteiger partial charge on any atom is -0.350 e. The van der Waals surface area contributed by atoms with Gasteiger partial charge in [0.1, 0.15) is 11.6 Å². The monoisotopic (exact) mass is 493 g/mol. The van der Waals surface area contributed by atoms with Crippen LogP contribution < -0.4 is 26.8 Å². The van der Waals surface area contributed by atoms with Gasteiger partial charge in [-0.25, -0.2) is 8.78 Å². The third-order valence-electron chi connectivity index (χ3n) is 4.57. The smallest absolute Gasteiger partial charge is 0.248 e. The van der Waals surface area contributed by atoms with Crippen LogP contribution in [0.4, 0.5) is 32.3 Å². The van der Waals surface area contributed by atoms with E-state index >= 15 is 0 Å². The van der Waals surface area contributed by atoms with E-state index < -0.39 is 0 Å². The summed E-state index contributed by atoms with van der Waals surface area (Å²) in [5, 5.41) is 9.44. The first-order chi connectivity index (χ1) is 17.0. The molecule has 0 fully saturated rings. The number of aromatic nitrogens is 4. The van der Waals surface area contributed by atoms with Crippen LogP contribution in [0.1, 0.15) is 11.1 Å². The van der Waals surface area contributed by atoms with Crippen molar-refractivity contribution in [3.63, 3.8) is 0 Å². The van der Waals surface area contributed by atoms with Crippen LogP contribution in [0.5, 0.6) is 0 Å². The maximum absolute atomic E-state index is 13.2. The van der Waals surface area contributed by atoms with Gasteiger partial charge >= 0.3 is 0 Å². The van der Waals surface area contributed by atoms with Crippen molar-refractivity contribution >= 4 is 40.9 Å². The van der Waals surface area contributed by atoms with Crippen molar-refractivity contribution in [3.8, 4) is 0 Å². The summed E-state index contributed by atoms with van der Waals surface area (Å²) in [7, 11) is 0. The quantitative estimate of drug-likeness (QED) is 0.173. The Morgan fingerprint density at radius 1 is 0.743 bits per heavy atom. The van der Waals surface area contributed by atoms with Gasteiger partial charge in [0.15, 0.2) is 5.11 Å². The molecule has 2 aromatic heterocycles. The van der Waals surface area contributed by atoms with Crippen LogP contribution in [-0.4, -0.2) is 25.0 Å². The topological polar surface area (TPSA) is 112 Å². The van der Waals surface area contributed by atoms with Gasteiger partial charge in [-0.05, 0) is 59.7 Å². The molecule has 9 nitrogen and oxygen atoms in total. The molecule has 4 aromatic rings. The van der Waals surface area contributed by atoms with Crippen LogP contribution in [0.3, 0.4) is 0 Å². The average molecular weight is 494 g/mol. The van der Waals surface area contributed by atoms with Crippen LogP contribution in [0, 0.1) is 11.6 Å². The third kappa shape index (κ3) is 7.54. The van der Waals surface area contributed by atoms with Crippen molar-refractivity contribution in [1.29, 1.82) is 0 Å². The van der Waals surface area contributed by atoms with Gasteiger partial charge < -0.3 is 16.0 Å². The summed E-state index contributed by atoms with van der Waals surface area (Å²) in [6.45, 7) is 0.741. The number of hydrazine groups is 1. The fourth-order valence-corrected chi connectivity index (χ4v) is 3.04. The van der Waals surface area contributed by atoms with E-state index in [0.717, 1.165) is 11.1 Å². The van der Waals surface area contributed by atoms with E-state index in [1.165, 1.54) is 24.3 Å². The molecular formula is C23H21F2N9S. The van der Waals surface area contributed by atoms with Crippen LogP contribution in [0.25, 0.3) is 0 Å². The lowest BCUT2D eigenvalue weighted by Crippen LogP contribution is -2.34. The highest BCUT2D eigenvalue weighted by molar-refractivity contribution is 7.80. The van der Waals surface area contributed by atoms with Gasteiger partial charge in [0.2, 0.25) is 17.8 Å². The van der Waals surface area contributed by atoms with E-state index in [9.17, 15) is 8.78 Å².